The summed E-state index contributed by atoms with van der Waals surface area (Å²) in [6.45, 7) is 3.40. The summed E-state index contributed by atoms with van der Waals surface area (Å²) >= 11 is 0. The van der Waals surface area contributed by atoms with Gasteiger partial charge in [0.05, 0.1) is 5.41 Å². The summed E-state index contributed by atoms with van der Waals surface area (Å²) in [6, 6.07) is -0.127. The lowest BCUT2D eigenvalue weighted by Gasteiger charge is -2.33. The number of carboxylic acids is 1. The number of rotatable bonds is 2. The van der Waals surface area contributed by atoms with Gasteiger partial charge in [-0.2, -0.15) is 0 Å². The number of primary amides is 1. The summed E-state index contributed by atoms with van der Waals surface area (Å²) in [5.41, 5.74) is 4.42. The molecule has 0 aromatic heterocycles. The Balaban J connectivity index is 1.91. The van der Waals surface area contributed by atoms with Crippen molar-refractivity contribution in [2.75, 3.05) is 26.2 Å². The zero-order chi connectivity index (χ0) is 14.9. The third-order valence-corrected chi connectivity index (χ3v) is 4.43. The third-order valence-electron chi connectivity index (χ3n) is 4.43. The Kier molecular flexibility index (Phi) is 3.87. The Hall–Kier alpha value is -1.79. The van der Waals surface area contributed by atoms with Gasteiger partial charge in [-0.05, 0) is 26.2 Å². The van der Waals surface area contributed by atoms with Crippen LogP contribution < -0.4 is 5.73 Å². The van der Waals surface area contributed by atoms with Gasteiger partial charge in [-0.25, -0.2) is 4.79 Å². The lowest BCUT2D eigenvalue weighted by Crippen LogP contribution is -2.48. The number of carboxylic acid groups (broad SMARTS) is 1. The van der Waals surface area contributed by atoms with E-state index >= 15 is 0 Å². The lowest BCUT2D eigenvalue weighted by atomic mass is 9.90. The van der Waals surface area contributed by atoms with Crippen LogP contribution in [0.1, 0.15) is 26.2 Å². The Morgan fingerprint density at radius 1 is 1.15 bits per heavy atom. The number of likely N-dealkylation sites (tertiary alicyclic amines) is 2. The first-order chi connectivity index (χ1) is 9.33. The molecule has 3 N–H and O–H groups in total. The van der Waals surface area contributed by atoms with Crippen LogP contribution in [-0.2, 0) is 9.59 Å². The number of piperidine rings is 1. The van der Waals surface area contributed by atoms with E-state index < -0.39 is 11.4 Å². The standard InChI is InChI=1S/C13H21N3O4/c1-13(11(18)19)4-7-16(8-13)12(20)15-5-2-9(3-6-15)10(14)17/h9H,2-8H2,1H3,(H2,14,17)(H,18,19). The summed E-state index contributed by atoms with van der Waals surface area (Å²) in [4.78, 5) is 37.9. The van der Waals surface area contributed by atoms with Crippen molar-refractivity contribution < 1.29 is 19.5 Å². The van der Waals surface area contributed by atoms with Crippen LogP contribution in [0.3, 0.4) is 0 Å². The molecule has 3 amide bonds. The molecule has 0 spiro atoms. The van der Waals surface area contributed by atoms with Gasteiger partial charge in [0.2, 0.25) is 5.91 Å². The second kappa shape index (κ2) is 5.30. The molecule has 20 heavy (non-hydrogen) atoms. The molecule has 0 aliphatic carbocycles. The van der Waals surface area contributed by atoms with Crippen LogP contribution in [0.15, 0.2) is 0 Å². The highest BCUT2D eigenvalue weighted by atomic mass is 16.4. The number of carbonyl (C=O) groups is 3. The Morgan fingerprint density at radius 3 is 2.20 bits per heavy atom. The van der Waals surface area contributed by atoms with Crippen molar-refractivity contribution in [3.8, 4) is 0 Å². The zero-order valence-electron chi connectivity index (χ0n) is 11.7. The Labute approximate surface area is 117 Å². The highest BCUT2D eigenvalue weighted by Gasteiger charge is 2.43. The van der Waals surface area contributed by atoms with Crippen molar-refractivity contribution in [3.63, 3.8) is 0 Å². The van der Waals surface area contributed by atoms with E-state index in [1.807, 2.05) is 0 Å². The SMILES string of the molecule is CC1(C(=O)O)CCN(C(=O)N2CCC(C(N)=O)CC2)C1. The average Bonchev–Trinajstić information content (AvgIpc) is 2.82. The van der Waals surface area contributed by atoms with Crippen LogP contribution in [0.2, 0.25) is 0 Å². The van der Waals surface area contributed by atoms with Gasteiger partial charge in [0, 0.05) is 32.1 Å². The Morgan fingerprint density at radius 2 is 1.75 bits per heavy atom. The number of urea groups is 1. The van der Waals surface area contributed by atoms with Crippen LogP contribution in [0.4, 0.5) is 4.79 Å². The maximum atomic E-state index is 12.3. The molecule has 2 aliphatic heterocycles. The van der Waals surface area contributed by atoms with Crippen LogP contribution in [0.5, 0.6) is 0 Å². The molecular weight excluding hydrogens is 262 g/mol. The summed E-state index contributed by atoms with van der Waals surface area (Å²) in [7, 11) is 0. The van der Waals surface area contributed by atoms with Gasteiger partial charge >= 0.3 is 12.0 Å². The monoisotopic (exact) mass is 283 g/mol. The van der Waals surface area contributed by atoms with Gasteiger partial charge in [0.15, 0.2) is 0 Å². The van der Waals surface area contributed by atoms with Crippen LogP contribution in [0, 0.1) is 11.3 Å². The van der Waals surface area contributed by atoms with Crippen molar-refractivity contribution in [2.24, 2.45) is 17.1 Å². The molecule has 2 fully saturated rings. The molecule has 2 rings (SSSR count). The van der Waals surface area contributed by atoms with Crippen molar-refractivity contribution >= 4 is 17.9 Å². The number of nitrogens with zero attached hydrogens (tertiary/aromatic N) is 2. The van der Waals surface area contributed by atoms with Gasteiger partial charge in [-0.3, -0.25) is 9.59 Å². The molecule has 7 nitrogen and oxygen atoms in total. The molecule has 2 saturated heterocycles. The molecule has 0 bridgehead atoms. The number of nitrogens with two attached hydrogens (primary N) is 1. The van der Waals surface area contributed by atoms with Gasteiger partial charge < -0.3 is 20.6 Å². The molecule has 1 atom stereocenters. The predicted octanol–water partition coefficient (Wildman–Crippen LogP) is 0.100. The largest absolute Gasteiger partial charge is 0.481 e. The molecule has 1 unspecified atom stereocenters. The molecule has 112 valence electrons. The number of hydrogen-bond donors (Lipinski definition) is 2. The van der Waals surface area contributed by atoms with E-state index in [2.05, 4.69) is 0 Å². The van der Waals surface area contributed by atoms with E-state index in [-0.39, 0.29) is 24.4 Å². The first-order valence-electron chi connectivity index (χ1n) is 6.90. The van der Waals surface area contributed by atoms with E-state index in [4.69, 9.17) is 5.73 Å². The second-order valence-corrected chi connectivity index (χ2v) is 5.98. The smallest absolute Gasteiger partial charge is 0.320 e. The van der Waals surface area contributed by atoms with Gasteiger partial charge in [0.25, 0.3) is 0 Å². The molecule has 0 radical (unpaired) electrons. The molecule has 0 aromatic rings. The minimum atomic E-state index is -0.861. The number of amides is 3. The molecule has 2 aliphatic rings. The average molecular weight is 283 g/mol. The maximum Gasteiger partial charge on any atom is 0.320 e. The fraction of sp³-hybridized carbons (Fsp3) is 0.769. The lowest BCUT2D eigenvalue weighted by molar-refractivity contribution is -0.147. The molecule has 7 heteroatoms. The number of hydrogen-bond acceptors (Lipinski definition) is 3. The number of aliphatic carboxylic acids is 1. The van der Waals surface area contributed by atoms with Gasteiger partial charge in [-0.1, -0.05) is 0 Å². The van der Waals surface area contributed by atoms with Gasteiger partial charge in [0.1, 0.15) is 0 Å². The predicted molar refractivity (Wildman–Crippen MR) is 70.8 cm³/mol. The molecular formula is C13H21N3O4. The fourth-order valence-electron chi connectivity index (χ4n) is 2.85. The van der Waals surface area contributed by atoms with E-state index in [1.54, 1.807) is 16.7 Å². The summed E-state index contributed by atoms with van der Waals surface area (Å²) in [6.07, 6.45) is 1.65. The third kappa shape index (κ3) is 2.71. The quantitative estimate of drug-likeness (QED) is 0.750. The van der Waals surface area contributed by atoms with Crippen molar-refractivity contribution in [1.29, 1.82) is 0 Å². The maximum absolute atomic E-state index is 12.3. The van der Waals surface area contributed by atoms with Crippen molar-refractivity contribution in [2.45, 2.75) is 26.2 Å². The second-order valence-electron chi connectivity index (χ2n) is 5.98. The van der Waals surface area contributed by atoms with E-state index in [0.29, 0.717) is 38.9 Å². The molecule has 0 aromatic carbocycles. The minimum Gasteiger partial charge on any atom is -0.481 e. The minimum absolute atomic E-state index is 0.127. The summed E-state index contributed by atoms with van der Waals surface area (Å²) in [5, 5.41) is 9.18. The van der Waals surface area contributed by atoms with Crippen LogP contribution in [0.25, 0.3) is 0 Å². The number of carbonyl (C=O) groups excluding carboxylic acids is 2. The van der Waals surface area contributed by atoms with Crippen molar-refractivity contribution in [3.05, 3.63) is 0 Å². The summed E-state index contributed by atoms with van der Waals surface area (Å²) < 4.78 is 0. The first kappa shape index (κ1) is 14.6. The van der Waals surface area contributed by atoms with Crippen molar-refractivity contribution in [1.82, 2.24) is 9.80 Å². The zero-order valence-corrected chi connectivity index (χ0v) is 11.7. The van der Waals surface area contributed by atoms with Crippen LogP contribution in [-0.4, -0.2) is 59.0 Å². The van der Waals surface area contributed by atoms with Gasteiger partial charge in [-0.15, -0.1) is 0 Å². The highest BCUT2D eigenvalue weighted by Crippen LogP contribution is 2.31. The normalized spacial score (nSPS) is 27.6. The highest BCUT2D eigenvalue weighted by molar-refractivity contribution is 5.80. The Bertz CT molecular complexity index is 431. The van der Waals surface area contributed by atoms with E-state index in [1.165, 1.54) is 0 Å². The van der Waals surface area contributed by atoms with E-state index in [0.717, 1.165) is 0 Å². The first-order valence-corrected chi connectivity index (χ1v) is 6.90. The van der Waals surface area contributed by atoms with E-state index in [9.17, 15) is 19.5 Å². The summed E-state index contributed by atoms with van der Waals surface area (Å²) in [5.74, 6) is -1.32. The molecule has 2 heterocycles. The topological polar surface area (TPSA) is 104 Å². The van der Waals surface area contributed by atoms with Crippen LogP contribution >= 0.6 is 0 Å². The fourth-order valence-corrected chi connectivity index (χ4v) is 2.85. The molecule has 0 saturated carbocycles.